The summed E-state index contributed by atoms with van der Waals surface area (Å²) in [6.07, 6.45) is 1.62. The van der Waals surface area contributed by atoms with Gasteiger partial charge in [-0.1, -0.05) is 18.2 Å². The molecule has 0 saturated heterocycles. The van der Waals surface area contributed by atoms with E-state index in [-0.39, 0.29) is 12.5 Å². The third-order valence-corrected chi connectivity index (χ3v) is 2.58. The maximum Gasteiger partial charge on any atom is 0.263 e. The number of aromatic nitrogens is 1. The number of ether oxygens (including phenoxy) is 1. The molecule has 0 atom stereocenters. The number of nitrogens with zero attached hydrogens (tertiary/aromatic N) is 1. The van der Waals surface area contributed by atoms with Gasteiger partial charge in [-0.25, -0.2) is 4.98 Å². The number of hydrogen-bond acceptors (Lipinski definition) is 3. The molecule has 1 aromatic heterocycles. The standard InChI is InChI=1S/C13H11BrN2O2/c14-10-6-7-12(15-8-10)16-13(17)9-18-11-4-2-1-3-5-11/h1-8H,9H2,(H,15,16,17). The van der Waals surface area contributed by atoms with E-state index in [9.17, 15) is 4.79 Å². The van der Waals surface area contributed by atoms with Crippen molar-refractivity contribution in [2.75, 3.05) is 11.9 Å². The van der Waals surface area contributed by atoms with Crippen molar-refractivity contribution in [2.24, 2.45) is 0 Å². The van der Waals surface area contributed by atoms with E-state index < -0.39 is 0 Å². The molecule has 2 rings (SSSR count). The minimum atomic E-state index is -0.242. The van der Waals surface area contributed by atoms with Gasteiger partial charge in [0.25, 0.3) is 5.91 Å². The van der Waals surface area contributed by atoms with E-state index in [2.05, 4.69) is 26.2 Å². The maximum absolute atomic E-state index is 11.6. The van der Waals surface area contributed by atoms with Gasteiger partial charge in [-0.15, -0.1) is 0 Å². The van der Waals surface area contributed by atoms with Crippen LogP contribution in [0.15, 0.2) is 53.1 Å². The van der Waals surface area contributed by atoms with Crippen molar-refractivity contribution in [3.05, 3.63) is 53.1 Å². The quantitative estimate of drug-likeness (QED) is 0.945. The summed E-state index contributed by atoms with van der Waals surface area (Å²) in [5.41, 5.74) is 0. The summed E-state index contributed by atoms with van der Waals surface area (Å²) < 4.78 is 6.18. The van der Waals surface area contributed by atoms with Crippen molar-refractivity contribution in [1.82, 2.24) is 4.98 Å². The van der Waals surface area contributed by atoms with Crippen molar-refractivity contribution in [3.63, 3.8) is 0 Å². The third kappa shape index (κ3) is 3.85. The first kappa shape index (κ1) is 12.6. The van der Waals surface area contributed by atoms with Gasteiger partial charge in [0.1, 0.15) is 11.6 Å². The predicted molar refractivity (Wildman–Crippen MR) is 72.5 cm³/mol. The highest BCUT2D eigenvalue weighted by molar-refractivity contribution is 9.10. The molecule has 0 spiro atoms. The molecule has 0 unspecified atom stereocenters. The van der Waals surface area contributed by atoms with Crippen molar-refractivity contribution in [1.29, 1.82) is 0 Å². The monoisotopic (exact) mass is 306 g/mol. The van der Waals surface area contributed by atoms with Crippen molar-refractivity contribution >= 4 is 27.7 Å². The summed E-state index contributed by atoms with van der Waals surface area (Å²) in [7, 11) is 0. The lowest BCUT2D eigenvalue weighted by molar-refractivity contribution is -0.118. The van der Waals surface area contributed by atoms with Crippen molar-refractivity contribution < 1.29 is 9.53 Å². The minimum absolute atomic E-state index is 0.0399. The number of benzene rings is 1. The Morgan fingerprint density at radius 3 is 2.67 bits per heavy atom. The number of rotatable bonds is 4. The van der Waals surface area contributed by atoms with E-state index in [0.29, 0.717) is 11.6 Å². The molecule has 0 aliphatic heterocycles. The van der Waals surface area contributed by atoms with Crippen LogP contribution in [0.4, 0.5) is 5.82 Å². The molecule has 92 valence electrons. The largest absolute Gasteiger partial charge is 0.484 e. The zero-order valence-corrected chi connectivity index (χ0v) is 11.1. The van der Waals surface area contributed by atoms with Crippen LogP contribution in [0.25, 0.3) is 0 Å². The number of halogens is 1. The second kappa shape index (κ2) is 6.16. The lowest BCUT2D eigenvalue weighted by Crippen LogP contribution is -2.20. The predicted octanol–water partition coefficient (Wildman–Crippen LogP) is 2.86. The number of carbonyl (C=O) groups excluding carboxylic acids is 1. The molecule has 0 saturated carbocycles. The average Bonchev–Trinajstić information content (AvgIpc) is 2.40. The fraction of sp³-hybridized carbons (Fsp3) is 0.0769. The van der Waals surface area contributed by atoms with Crippen LogP contribution in [0.3, 0.4) is 0 Å². The first-order valence-electron chi connectivity index (χ1n) is 5.33. The number of para-hydroxylation sites is 1. The maximum atomic E-state index is 11.6. The van der Waals surface area contributed by atoms with Gasteiger partial charge >= 0.3 is 0 Å². The number of carbonyl (C=O) groups is 1. The molecule has 0 bridgehead atoms. The van der Waals surface area contributed by atoms with E-state index in [1.807, 2.05) is 18.2 Å². The molecule has 1 heterocycles. The Morgan fingerprint density at radius 2 is 2.00 bits per heavy atom. The van der Waals surface area contributed by atoms with Gasteiger partial charge in [-0.2, -0.15) is 0 Å². The molecule has 1 amide bonds. The summed E-state index contributed by atoms with van der Waals surface area (Å²) in [6.45, 7) is -0.0399. The Hall–Kier alpha value is -1.88. The van der Waals surface area contributed by atoms with E-state index in [1.165, 1.54) is 0 Å². The molecule has 1 N–H and O–H groups in total. The van der Waals surface area contributed by atoms with Crippen LogP contribution < -0.4 is 10.1 Å². The number of anilines is 1. The Kier molecular flexibility index (Phi) is 4.30. The first-order valence-corrected chi connectivity index (χ1v) is 6.12. The first-order chi connectivity index (χ1) is 8.74. The summed E-state index contributed by atoms with van der Waals surface area (Å²) in [4.78, 5) is 15.6. The van der Waals surface area contributed by atoms with Crippen LogP contribution in [0.2, 0.25) is 0 Å². The molecule has 1 aromatic carbocycles. The Labute approximate surface area is 113 Å². The minimum Gasteiger partial charge on any atom is -0.484 e. The van der Waals surface area contributed by atoms with Crippen LogP contribution >= 0.6 is 15.9 Å². The van der Waals surface area contributed by atoms with Gasteiger partial charge in [-0.3, -0.25) is 4.79 Å². The molecule has 0 fully saturated rings. The number of pyridine rings is 1. The van der Waals surface area contributed by atoms with Gasteiger partial charge < -0.3 is 10.1 Å². The van der Waals surface area contributed by atoms with Crippen LogP contribution in [-0.4, -0.2) is 17.5 Å². The lowest BCUT2D eigenvalue weighted by Gasteiger charge is -2.06. The zero-order valence-electron chi connectivity index (χ0n) is 9.47. The van der Waals surface area contributed by atoms with Crippen LogP contribution in [-0.2, 0) is 4.79 Å². The molecule has 2 aromatic rings. The Balaban J connectivity index is 1.84. The van der Waals surface area contributed by atoms with Gasteiger partial charge in [0.2, 0.25) is 0 Å². The fourth-order valence-electron chi connectivity index (χ4n) is 1.29. The summed E-state index contributed by atoms with van der Waals surface area (Å²) >= 11 is 3.27. The summed E-state index contributed by atoms with van der Waals surface area (Å²) in [5, 5.41) is 2.64. The van der Waals surface area contributed by atoms with Crippen LogP contribution in [0.5, 0.6) is 5.75 Å². The smallest absolute Gasteiger partial charge is 0.263 e. The van der Waals surface area contributed by atoms with Gasteiger partial charge in [-0.05, 0) is 40.2 Å². The highest BCUT2D eigenvalue weighted by Crippen LogP contribution is 2.11. The van der Waals surface area contributed by atoms with Gasteiger partial charge in [0.05, 0.1) is 0 Å². The summed E-state index contributed by atoms with van der Waals surface area (Å²) in [6, 6.07) is 12.7. The second-order valence-electron chi connectivity index (χ2n) is 3.51. The molecule has 0 aliphatic carbocycles. The van der Waals surface area contributed by atoms with Crippen molar-refractivity contribution in [2.45, 2.75) is 0 Å². The zero-order chi connectivity index (χ0) is 12.8. The normalized spacial score (nSPS) is 9.83. The third-order valence-electron chi connectivity index (χ3n) is 2.11. The van der Waals surface area contributed by atoms with E-state index in [1.54, 1.807) is 30.5 Å². The van der Waals surface area contributed by atoms with Crippen molar-refractivity contribution in [3.8, 4) is 5.75 Å². The molecule has 5 heteroatoms. The SMILES string of the molecule is O=C(COc1ccccc1)Nc1ccc(Br)cn1. The molecular formula is C13H11BrN2O2. The number of amides is 1. The number of nitrogens with one attached hydrogen (secondary N) is 1. The topological polar surface area (TPSA) is 51.2 Å². The molecule has 0 aliphatic rings. The second-order valence-corrected chi connectivity index (χ2v) is 4.43. The van der Waals surface area contributed by atoms with Gasteiger partial charge in [0.15, 0.2) is 6.61 Å². The Bertz CT molecular complexity index is 514. The van der Waals surface area contributed by atoms with E-state index >= 15 is 0 Å². The van der Waals surface area contributed by atoms with Crippen LogP contribution in [0, 0.1) is 0 Å². The average molecular weight is 307 g/mol. The molecule has 0 radical (unpaired) electrons. The fourth-order valence-corrected chi connectivity index (χ4v) is 1.53. The van der Waals surface area contributed by atoms with E-state index in [0.717, 1.165) is 4.47 Å². The Morgan fingerprint density at radius 1 is 1.22 bits per heavy atom. The summed E-state index contributed by atoms with van der Waals surface area (Å²) in [5.74, 6) is 0.921. The van der Waals surface area contributed by atoms with Crippen LogP contribution in [0.1, 0.15) is 0 Å². The molecular weight excluding hydrogens is 296 g/mol. The highest BCUT2D eigenvalue weighted by Gasteiger charge is 2.04. The molecule has 4 nitrogen and oxygen atoms in total. The van der Waals surface area contributed by atoms with E-state index in [4.69, 9.17) is 4.74 Å². The van der Waals surface area contributed by atoms with Gasteiger partial charge in [0, 0.05) is 10.7 Å². The molecule has 18 heavy (non-hydrogen) atoms. The highest BCUT2D eigenvalue weighted by atomic mass is 79.9. The number of hydrogen-bond donors (Lipinski definition) is 1. The lowest BCUT2D eigenvalue weighted by atomic mass is 10.3.